The van der Waals surface area contributed by atoms with Crippen molar-refractivity contribution in [2.45, 2.75) is 45.4 Å². The van der Waals surface area contributed by atoms with Crippen molar-refractivity contribution in [3.63, 3.8) is 0 Å². The Balaban J connectivity index is 1.22. The summed E-state index contributed by atoms with van der Waals surface area (Å²) in [7, 11) is 0. The fraction of sp³-hybridized carbons (Fsp3) is 0.405. The topological polar surface area (TPSA) is 129 Å². The number of rotatable bonds is 12. The van der Waals surface area contributed by atoms with Crippen molar-refractivity contribution >= 4 is 34.8 Å². The number of esters is 1. The van der Waals surface area contributed by atoms with Crippen molar-refractivity contribution in [1.82, 2.24) is 20.9 Å². The number of allylic oxidation sites excluding steroid dienone is 2. The van der Waals surface area contributed by atoms with Crippen molar-refractivity contribution in [3.05, 3.63) is 94.2 Å². The summed E-state index contributed by atoms with van der Waals surface area (Å²) in [5.41, 5.74) is 2.72. The van der Waals surface area contributed by atoms with Crippen LogP contribution in [-0.2, 0) is 23.9 Å². The van der Waals surface area contributed by atoms with Crippen LogP contribution in [0.2, 0.25) is 0 Å². The quantitative estimate of drug-likeness (QED) is 0.150. The molecule has 0 bridgehead atoms. The van der Waals surface area contributed by atoms with Crippen molar-refractivity contribution in [1.29, 1.82) is 0 Å². The maximum absolute atomic E-state index is 15.0. The van der Waals surface area contributed by atoms with E-state index >= 15 is 4.39 Å². The number of nitrogens with one attached hydrogen (secondary N) is 4. The normalized spacial score (nSPS) is 18.7. The minimum Gasteiger partial charge on any atom is -0.461 e. The molecule has 0 saturated carbocycles. The summed E-state index contributed by atoms with van der Waals surface area (Å²) in [6.07, 6.45) is 6.09. The van der Waals surface area contributed by atoms with Gasteiger partial charge < -0.3 is 25.6 Å². The molecule has 3 aliphatic rings. The van der Waals surface area contributed by atoms with E-state index in [1.165, 1.54) is 18.6 Å². The van der Waals surface area contributed by atoms with Gasteiger partial charge in [-0.3, -0.25) is 19.7 Å². The number of halogens is 2. The highest BCUT2D eigenvalue weighted by Crippen LogP contribution is 2.36. The molecule has 0 radical (unpaired) electrons. The van der Waals surface area contributed by atoms with Gasteiger partial charge in [0.1, 0.15) is 18.2 Å². The van der Waals surface area contributed by atoms with Gasteiger partial charge in [0, 0.05) is 49.1 Å². The Bertz CT molecular complexity index is 1680. The monoisotopic (exact) mass is 675 g/mol. The summed E-state index contributed by atoms with van der Waals surface area (Å²) in [4.78, 5) is 54.1. The zero-order chi connectivity index (χ0) is 34.9. The Morgan fingerprint density at radius 3 is 2.57 bits per heavy atom. The van der Waals surface area contributed by atoms with Crippen LogP contribution in [0.1, 0.15) is 56.6 Å². The highest BCUT2D eigenvalue weighted by atomic mass is 19.1. The van der Waals surface area contributed by atoms with E-state index in [1.807, 2.05) is 25.1 Å². The van der Waals surface area contributed by atoms with Crippen LogP contribution in [0.15, 0.2) is 71.5 Å². The van der Waals surface area contributed by atoms with E-state index in [1.54, 1.807) is 12.3 Å². The van der Waals surface area contributed by atoms with Crippen molar-refractivity contribution in [2.24, 2.45) is 5.92 Å². The summed E-state index contributed by atoms with van der Waals surface area (Å²) in [5, 5.41) is 11.6. The first-order valence-electron chi connectivity index (χ1n) is 16.8. The molecule has 1 atom stereocenters. The molecule has 260 valence electrons. The lowest BCUT2D eigenvalue weighted by molar-refractivity contribution is -0.141. The van der Waals surface area contributed by atoms with E-state index in [9.17, 15) is 23.6 Å². The number of ketones is 1. The third kappa shape index (κ3) is 9.07. The van der Waals surface area contributed by atoms with Gasteiger partial charge in [0.05, 0.1) is 23.7 Å². The third-order valence-corrected chi connectivity index (χ3v) is 9.13. The number of carbonyl (C=O) groups is 4. The Morgan fingerprint density at radius 1 is 1.08 bits per heavy atom. The Morgan fingerprint density at radius 2 is 1.88 bits per heavy atom. The summed E-state index contributed by atoms with van der Waals surface area (Å²) < 4.78 is 34.4. The number of piperidine rings is 1. The molecule has 2 amide bonds. The van der Waals surface area contributed by atoms with Gasteiger partial charge in [0.25, 0.3) is 5.91 Å². The van der Waals surface area contributed by atoms with Gasteiger partial charge in [-0.1, -0.05) is 30.7 Å². The predicted octanol–water partition coefficient (Wildman–Crippen LogP) is 4.18. The van der Waals surface area contributed by atoms with E-state index in [2.05, 4.69) is 32.2 Å². The number of Topliss-reactive ketones (excluding diaryl/α,β-unsaturated/α-hetero) is 1. The second kappa shape index (κ2) is 16.6. The third-order valence-electron chi connectivity index (χ3n) is 9.13. The second-order valence-electron chi connectivity index (χ2n) is 12.5. The van der Waals surface area contributed by atoms with Gasteiger partial charge in [-0.25, -0.2) is 13.6 Å². The summed E-state index contributed by atoms with van der Waals surface area (Å²) in [6, 6.07) is 11.0. The molecule has 0 aromatic heterocycles. The van der Waals surface area contributed by atoms with Gasteiger partial charge >= 0.3 is 5.97 Å². The Kier molecular flexibility index (Phi) is 12.1. The van der Waals surface area contributed by atoms with Crippen LogP contribution < -0.4 is 21.3 Å². The molecule has 5 rings (SSSR count). The van der Waals surface area contributed by atoms with E-state index in [4.69, 9.17) is 4.74 Å². The number of ether oxygens (including phenoxy) is 1. The first-order valence-corrected chi connectivity index (χ1v) is 16.8. The molecule has 1 saturated heterocycles. The van der Waals surface area contributed by atoms with Gasteiger partial charge in [0.2, 0.25) is 5.91 Å². The predicted molar refractivity (Wildman–Crippen MR) is 182 cm³/mol. The van der Waals surface area contributed by atoms with Crippen molar-refractivity contribution in [3.8, 4) is 0 Å². The number of anilines is 1. The maximum Gasteiger partial charge on any atom is 0.336 e. The zero-order valence-electron chi connectivity index (χ0n) is 27.9. The number of benzene rings is 2. The highest BCUT2D eigenvalue weighted by Gasteiger charge is 2.37. The lowest BCUT2D eigenvalue weighted by Gasteiger charge is -2.32. The molecule has 2 aliphatic heterocycles. The largest absolute Gasteiger partial charge is 0.461 e. The maximum atomic E-state index is 15.0. The van der Waals surface area contributed by atoms with Crippen LogP contribution in [0.5, 0.6) is 0 Å². The van der Waals surface area contributed by atoms with Crippen LogP contribution in [0, 0.1) is 17.6 Å². The van der Waals surface area contributed by atoms with Crippen molar-refractivity contribution in [2.75, 3.05) is 51.3 Å². The van der Waals surface area contributed by atoms with Crippen molar-refractivity contribution < 1.29 is 32.7 Å². The second-order valence-corrected chi connectivity index (χ2v) is 12.5. The zero-order valence-corrected chi connectivity index (χ0v) is 27.9. The smallest absolute Gasteiger partial charge is 0.336 e. The highest BCUT2D eigenvalue weighted by molar-refractivity contribution is 6.28. The first-order chi connectivity index (χ1) is 23.6. The van der Waals surface area contributed by atoms with E-state index in [0.717, 1.165) is 50.3 Å². The molecule has 49 heavy (non-hydrogen) atoms. The van der Waals surface area contributed by atoms with Crippen LogP contribution >= 0.6 is 0 Å². The molecule has 2 aromatic rings. The summed E-state index contributed by atoms with van der Waals surface area (Å²) in [6.45, 7) is 6.65. The van der Waals surface area contributed by atoms with Crippen LogP contribution in [0.3, 0.4) is 0 Å². The Labute approximate surface area is 285 Å². The van der Waals surface area contributed by atoms with Gasteiger partial charge in [-0.15, -0.1) is 0 Å². The van der Waals surface area contributed by atoms with Crippen LogP contribution in [0.4, 0.5) is 14.5 Å². The molecule has 2 aromatic carbocycles. The number of amides is 2. The molecule has 1 fully saturated rings. The van der Waals surface area contributed by atoms with Gasteiger partial charge in [-0.05, 0) is 81.1 Å². The van der Waals surface area contributed by atoms with Gasteiger partial charge in [-0.2, -0.15) is 0 Å². The number of nitrogens with zero attached hydrogens (tertiary/aromatic N) is 1. The fourth-order valence-electron chi connectivity index (χ4n) is 6.55. The number of hydrogen-bond donors (Lipinski definition) is 4. The van der Waals surface area contributed by atoms with Crippen LogP contribution in [-0.4, -0.2) is 74.5 Å². The molecule has 1 unspecified atom stereocenters. The molecule has 4 N–H and O–H groups in total. The SMILES string of the molecule is CCC1=CC(c2ccc(F)cc2F)=C(C(=O)NCCCN2CCC(c3cccc(NC(C)=O)c3)CC2)C(=O)C1COC(=O)C1=CNCNC1. The molecule has 2 heterocycles. The Hall–Kier alpha value is -4.68. The molecular weight excluding hydrogens is 632 g/mol. The molecular formula is C37H43F2N5O5. The minimum atomic E-state index is -0.924. The average molecular weight is 676 g/mol. The summed E-state index contributed by atoms with van der Waals surface area (Å²) >= 11 is 0. The molecule has 1 aliphatic carbocycles. The number of carbonyl (C=O) groups excluding carboxylic acids is 4. The molecule has 10 nitrogen and oxygen atoms in total. The number of likely N-dealkylation sites (tertiary alicyclic amines) is 1. The molecule has 12 heteroatoms. The van der Waals surface area contributed by atoms with Crippen LogP contribution in [0.25, 0.3) is 5.57 Å². The fourth-order valence-corrected chi connectivity index (χ4v) is 6.55. The first kappa shape index (κ1) is 35.6. The average Bonchev–Trinajstić information content (AvgIpc) is 3.09. The van der Waals surface area contributed by atoms with E-state index in [-0.39, 0.29) is 35.8 Å². The van der Waals surface area contributed by atoms with E-state index < -0.39 is 35.2 Å². The number of hydrogen-bond acceptors (Lipinski definition) is 8. The van der Waals surface area contributed by atoms with E-state index in [0.29, 0.717) is 43.1 Å². The molecule has 0 spiro atoms. The summed E-state index contributed by atoms with van der Waals surface area (Å²) in [5.74, 6) is -4.13. The standard InChI is InChI=1S/C37H43F2N5O5/c1-3-24-17-31(30-9-8-28(38)18-33(30)39)34(35(46)32(24)21-49-37(48)27-19-40-22-41-20-27)36(47)42-12-5-13-44-14-10-25(11-15-44)26-6-4-7-29(16-26)43-23(2)45/h4,6-9,16-19,25,32,40-41H,3,5,10-15,20-22H2,1-2H3,(H,42,47)(H,43,45). The minimum absolute atomic E-state index is 0.0590. The lowest BCUT2D eigenvalue weighted by Crippen LogP contribution is -2.39. The lowest BCUT2D eigenvalue weighted by atomic mass is 9.79. The van der Waals surface area contributed by atoms with Gasteiger partial charge in [0.15, 0.2) is 5.78 Å².